The molecular weight excluding hydrogens is 593 g/mol. The zero-order valence-corrected chi connectivity index (χ0v) is 28.9. The lowest BCUT2D eigenvalue weighted by atomic mass is 10.5. The quantitative estimate of drug-likeness (QED) is 0.0789. The fraction of sp³-hybridized carbons (Fsp3) is 0.667. The molecule has 0 unspecified atom stereocenters. The maximum absolute atomic E-state index is 11.9. The van der Waals surface area contributed by atoms with Crippen molar-refractivity contribution in [2.75, 3.05) is 37.8 Å². The Morgan fingerprint density at radius 3 is 1.38 bits per heavy atom. The smallest absolute Gasteiger partial charge is 0.330 e. The van der Waals surface area contributed by atoms with E-state index in [4.69, 9.17) is 17.7 Å². The van der Waals surface area contributed by atoms with E-state index in [1.165, 1.54) is 0 Å². The van der Waals surface area contributed by atoms with Gasteiger partial charge in [0.05, 0.1) is 0 Å². The molecule has 2 amide bonds. The number of amides is 2. The Labute approximate surface area is 245 Å². The topological polar surface area (TPSA) is 129 Å². The molecule has 0 aromatic carbocycles. The first-order valence-corrected chi connectivity index (χ1v) is 23.9. The number of nitrogens with one attached hydrogen (secondary N) is 2. The van der Waals surface area contributed by atoms with E-state index in [1.54, 1.807) is 0 Å². The van der Waals surface area contributed by atoms with Crippen molar-refractivity contribution in [2.45, 2.75) is 64.2 Å². The molecule has 2 N–H and O–H groups in total. The van der Waals surface area contributed by atoms with E-state index in [9.17, 15) is 19.2 Å². The van der Waals surface area contributed by atoms with Gasteiger partial charge in [0, 0.05) is 36.7 Å². The molecule has 10 nitrogen and oxygen atoms in total. The largest absolute Gasteiger partial charge is 0.462 e. The van der Waals surface area contributed by atoms with Gasteiger partial charge in [0.2, 0.25) is 0 Å². The maximum Gasteiger partial charge on any atom is 0.330 e. The lowest BCUT2D eigenvalue weighted by Crippen LogP contribution is -2.52. The second-order valence-electron chi connectivity index (χ2n) is 10.2. The molecule has 15 heteroatoms. The number of carbonyl (C=O) groups excluding carboxylic acids is 4. The summed E-state index contributed by atoms with van der Waals surface area (Å²) >= 11 is 2.17. The zero-order valence-electron chi connectivity index (χ0n) is 24.2. The predicted molar refractivity (Wildman–Crippen MR) is 167 cm³/mol. The molecule has 0 rings (SSSR count). The standard InChI is InChI=1S/C24H46N2O8S2Si3/c1-9-21(27)31-15-17-35-23(29)25-13-11-19-37(3,4)33-39(7,8)34-38(5,6)20-12-14-26-24(30)36-18-16-32-22(28)10-2/h9-10H,1-2,11-20H2,3-8H3,(H,25,29)(H,26,30). The first-order valence-electron chi connectivity index (χ1n) is 12.9. The van der Waals surface area contributed by atoms with Crippen molar-refractivity contribution in [1.82, 2.24) is 10.6 Å². The van der Waals surface area contributed by atoms with E-state index >= 15 is 0 Å². The molecule has 0 spiro atoms. The summed E-state index contributed by atoms with van der Waals surface area (Å²) in [6, 6.07) is 1.79. The number of hydrogen-bond acceptors (Lipinski definition) is 10. The van der Waals surface area contributed by atoms with Gasteiger partial charge >= 0.3 is 20.5 Å². The van der Waals surface area contributed by atoms with Crippen LogP contribution in [0.25, 0.3) is 0 Å². The normalized spacial score (nSPS) is 11.8. The number of rotatable bonds is 20. The van der Waals surface area contributed by atoms with Gasteiger partial charge < -0.3 is 28.3 Å². The van der Waals surface area contributed by atoms with Gasteiger partial charge in [-0.2, -0.15) is 0 Å². The van der Waals surface area contributed by atoms with Gasteiger partial charge in [-0.15, -0.1) is 0 Å². The number of hydrogen-bond donors (Lipinski definition) is 2. The molecule has 0 atom stereocenters. The molecule has 0 fully saturated rings. The van der Waals surface area contributed by atoms with E-state index in [0.717, 1.165) is 60.6 Å². The molecule has 224 valence electrons. The molecule has 0 aromatic heterocycles. The highest BCUT2D eigenvalue weighted by Crippen LogP contribution is 2.26. The van der Waals surface area contributed by atoms with Gasteiger partial charge in [0.15, 0.2) is 16.6 Å². The highest BCUT2D eigenvalue weighted by Gasteiger charge is 2.39. The lowest BCUT2D eigenvalue weighted by molar-refractivity contribution is -0.138. The van der Waals surface area contributed by atoms with Crippen LogP contribution in [-0.4, -0.2) is 85.4 Å². The van der Waals surface area contributed by atoms with Gasteiger partial charge in [0.25, 0.3) is 10.5 Å². The summed E-state index contributed by atoms with van der Waals surface area (Å²) in [5, 5.41) is 5.48. The SMILES string of the molecule is C=CC(=O)OCCSC(=O)NCCC[Si](C)(C)O[Si](C)(C)O[Si](C)(C)CCCNC(=O)SCCOC(=O)C=C. The molecule has 0 aliphatic carbocycles. The van der Waals surface area contributed by atoms with Crippen LogP contribution in [0.2, 0.25) is 51.4 Å². The van der Waals surface area contributed by atoms with Gasteiger partial charge in [-0.1, -0.05) is 36.7 Å². The fourth-order valence-electron chi connectivity index (χ4n) is 3.64. The van der Waals surface area contributed by atoms with Crippen molar-refractivity contribution in [3.8, 4) is 0 Å². The third-order valence-corrected chi connectivity index (χ3v) is 18.0. The van der Waals surface area contributed by atoms with Crippen molar-refractivity contribution in [2.24, 2.45) is 0 Å². The van der Waals surface area contributed by atoms with Crippen LogP contribution in [0.1, 0.15) is 12.8 Å². The van der Waals surface area contributed by atoms with Gasteiger partial charge in [-0.25, -0.2) is 9.59 Å². The average Bonchev–Trinajstić information content (AvgIpc) is 2.83. The number of ether oxygens (including phenoxy) is 2. The molecule has 0 aliphatic heterocycles. The van der Waals surface area contributed by atoms with Crippen LogP contribution in [0.3, 0.4) is 0 Å². The summed E-state index contributed by atoms with van der Waals surface area (Å²) in [6.45, 7) is 21.0. The van der Waals surface area contributed by atoms with Gasteiger partial charge in [-0.3, -0.25) is 9.59 Å². The van der Waals surface area contributed by atoms with Crippen molar-refractivity contribution < 1.29 is 36.9 Å². The maximum atomic E-state index is 11.9. The Hall–Kier alpha value is -1.37. The summed E-state index contributed by atoms with van der Waals surface area (Å²) in [6.07, 6.45) is 3.82. The van der Waals surface area contributed by atoms with E-state index in [-0.39, 0.29) is 23.7 Å². The Kier molecular flexibility index (Phi) is 19.0. The molecular formula is C24H46N2O8S2Si3. The minimum absolute atomic E-state index is 0.139. The summed E-state index contributed by atoms with van der Waals surface area (Å²) < 4.78 is 22.9. The molecule has 0 aromatic rings. The molecule has 0 saturated carbocycles. The molecule has 0 heterocycles. The van der Waals surface area contributed by atoms with Crippen molar-refractivity contribution in [3.63, 3.8) is 0 Å². The molecule has 0 radical (unpaired) electrons. The second kappa shape index (κ2) is 19.7. The van der Waals surface area contributed by atoms with Crippen molar-refractivity contribution in [1.29, 1.82) is 0 Å². The second-order valence-corrected chi connectivity index (χ2v) is 24.8. The predicted octanol–water partition coefficient (Wildman–Crippen LogP) is 5.26. The first kappa shape index (κ1) is 37.6. The number of thioether (sulfide) groups is 2. The number of esters is 2. The lowest BCUT2D eigenvalue weighted by Gasteiger charge is -2.38. The van der Waals surface area contributed by atoms with Crippen LogP contribution in [0, 0.1) is 0 Å². The third kappa shape index (κ3) is 22.1. The van der Waals surface area contributed by atoms with Crippen molar-refractivity contribution >= 4 is 71.1 Å². The van der Waals surface area contributed by atoms with Gasteiger partial charge in [-0.05, 0) is 64.2 Å². The van der Waals surface area contributed by atoms with E-state index in [2.05, 4.69) is 63.1 Å². The van der Waals surface area contributed by atoms with Crippen LogP contribution in [0.5, 0.6) is 0 Å². The minimum Gasteiger partial charge on any atom is -0.462 e. The van der Waals surface area contributed by atoms with Crippen LogP contribution >= 0.6 is 23.5 Å². The summed E-state index contributed by atoms with van der Waals surface area (Å²) in [5.41, 5.74) is 0. The molecule has 0 bridgehead atoms. The monoisotopic (exact) mass is 638 g/mol. The molecule has 39 heavy (non-hydrogen) atoms. The summed E-state index contributed by atoms with van der Waals surface area (Å²) in [4.78, 5) is 45.8. The van der Waals surface area contributed by atoms with Crippen LogP contribution in [0.4, 0.5) is 9.59 Å². The number of carbonyl (C=O) groups is 4. The fourth-order valence-corrected chi connectivity index (χ4v) is 18.8. The third-order valence-electron chi connectivity index (χ3n) is 4.95. The van der Waals surface area contributed by atoms with E-state index in [0.29, 0.717) is 24.6 Å². The van der Waals surface area contributed by atoms with Crippen LogP contribution < -0.4 is 10.6 Å². The highest BCUT2D eigenvalue weighted by atomic mass is 32.2. The zero-order chi connectivity index (χ0) is 30.0. The van der Waals surface area contributed by atoms with Gasteiger partial charge in [0.1, 0.15) is 13.2 Å². The summed E-state index contributed by atoms with van der Waals surface area (Å²) in [5.74, 6) is -0.199. The molecule has 0 saturated heterocycles. The Morgan fingerprint density at radius 1 is 0.692 bits per heavy atom. The minimum atomic E-state index is -2.36. The molecule has 0 aliphatic rings. The summed E-state index contributed by atoms with van der Waals surface area (Å²) in [7, 11) is -6.36. The Bertz CT molecular complexity index is 765. The van der Waals surface area contributed by atoms with Crippen LogP contribution in [0.15, 0.2) is 25.3 Å². The van der Waals surface area contributed by atoms with Crippen LogP contribution in [-0.2, 0) is 27.3 Å². The Morgan fingerprint density at radius 2 is 1.05 bits per heavy atom. The van der Waals surface area contributed by atoms with Crippen molar-refractivity contribution in [3.05, 3.63) is 25.3 Å². The van der Waals surface area contributed by atoms with E-state index < -0.39 is 37.1 Å². The average molecular weight is 639 g/mol. The highest BCUT2D eigenvalue weighted by molar-refractivity contribution is 8.13. The van der Waals surface area contributed by atoms with E-state index in [1.807, 2.05) is 0 Å². The Balaban J connectivity index is 4.22. The first-order chi connectivity index (χ1) is 18.1.